The molecule has 0 bridgehead atoms. The zero-order chi connectivity index (χ0) is 30.0. The van der Waals surface area contributed by atoms with Crippen LogP contribution < -0.4 is 10.9 Å². The van der Waals surface area contributed by atoms with Crippen molar-refractivity contribution in [2.45, 2.75) is 18.2 Å². The van der Waals surface area contributed by atoms with E-state index in [1.165, 1.54) is 44.6 Å². The molecule has 0 aliphatic carbocycles. The normalized spacial score (nSPS) is 14.1. The van der Waals surface area contributed by atoms with E-state index in [-0.39, 0.29) is 40.9 Å². The van der Waals surface area contributed by atoms with E-state index in [0.717, 1.165) is 10.4 Å². The Morgan fingerprint density at radius 1 is 1.05 bits per heavy atom. The molecule has 1 saturated heterocycles. The fourth-order valence-corrected chi connectivity index (χ4v) is 6.87. The van der Waals surface area contributed by atoms with Gasteiger partial charge in [0.2, 0.25) is 16.0 Å². The molecule has 2 aromatic carbocycles. The van der Waals surface area contributed by atoms with Crippen molar-refractivity contribution in [3.05, 3.63) is 111 Å². The molecule has 5 aromatic rings. The number of nitrogens with zero attached hydrogens (tertiary/aromatic N) is 4. The van der Waals surface area contributed by atoms with Crippen LogP contribution in [0, 0.1) is 6.92 Å². The van der Waals surface area contributed by atoms with Crippen LogP contribution in [0.1, 0.15) is 27.2 Å². The highest BCUT2D eigenvalue weighted by molar-refractivity contribution is 7.89. The molecule has 1 amide bonds. The lowest BCUT2D eigenvalue weighted by Gasteiger charge is -2.26. The fourth-order valence-electron chi connectivity index (χ4n) is 4.78. The van der Waals surface area contributed by atoms with Crippen LogP contribution in [-0.2, 0) is 21.2 Å². The smallest absolute Gasteiger partial charge is 0.256 e. The second-order valence-corrected chi connectivity index (χ2v) is 12.8. The third kappa shape index (κ3) is 6.06. The summed E-state index contributed by atoms with van der Waals surface area (Å²) < 4.78 is 34.0. The SMILES string of the molecule is Cc1nc(-n2nc(-c3cccs3)cc2NC(=O)c2ccc(S(=O)(=O)N3CCOCC3)cc2)[nH]c(=O)c1Cc1ccccc1. The van der Waals surface area contributed by atoms with Crippen molar-refractivity contribution in [3.8, 4) is 16.5 Å². The minimum Gasteiger partial charge on any atom is -0.379 e. The molecule has 1 fully saturated rings. The van der Waals surface area contributed by atoms with E-state index in [1.807, 2.05) is 47.8 Å². The number of hydrogen-bond donors (Lipinski definition) is 2. The number of aromatic amines is 1. The molecular weight excluding hydrogens is 589 g/mol. The van der Waals surface area contributed by atoms with Crippen LogP contribution in [-0.4, -0.2) is 64.7 Å². The van der Waals surface area contributed by atoms with Gasteiger partial charge in [-0.05, 0) is 48.2 Å². The van der Waals surface area contributed by atoms with E-state index in [4.69, 9.17) is 4.74 Å². The van der Waals surface area contributed by atoms with Gasteiger partial charge in [0.15, 0.2) is 0 Å². The largest absolute Gasteiger partial charge is 0.379 e. The highest BCUT2D eigenvalue weighted by Crippen LogP contribution is 2.28. The molecule has 0 spiro atoms. The number of carbonyl (C=O) groups is 1. The minimum absolute atomic E-state index is 0.101. The number of rotatable bonds is 8. The van der Waals surface area contributed by atoms with E-state index < -0.39 is 15.9 Å². The van der Waals surface area contributed by atoms with Gasteiger partial charge in [-0.15, -0.1) is 11.3 Å². The molecule has 220 valence electrons. The molecule has 4 heterocycles. The van der Waals surface area contributed by atoms with Crippen LogP contribution in [0.15, 0.2) is 87.9 Å². The number of H-pyrrole nitrogens is 1. The Morgan fingerprint density at radius 3 is 2.47 bits per heavy atom. The maximum atomic E-state index is 13.3. The van der Waals surface area contributed by atoms with Gasteiger partial charge in [-0.3, -0.25) is 14.6 Å². The summed E-state index contributed by atoms with van der Waals surface area (Å²) in [6.07, 6.45) is 0.426. The van der Waals surface area contributed by atoms with Gasteiger partial charge in [-0.25, -0.2) is 13.4 Å². The Kier molecular flexibility index (Phi) is 8.04. The number of amides is 1. The number of benzene rings is 2. The Bertz CT molecular complexity index is 1910. The monoisotopic (exact) mass is 616 g/mol. The molecule has 11 nitrogen and oxygen atoms in total. The van der Waals surface area contributed by atoms with Gasteiger partial charge < -0.3 is 10.1 Å². The molecule has 43 heavy (non-hydrogen) atoms. The fraction of sp³-hybridized carbons (Fsp3) is 0.200. The summed E-state index contributed by atoms with van der Waals surface area (Å²) in [4.78, 5) is 34.9. The van der Waals surface area contributed by atoms with E-state index in [2.05, 4.69) is 20.4 Å². The lowest BCUT2D eigenvalue weighted by Crippen LogP contribution is -2.40. The van der Waals surface area contributed by atoms with Crippen molar-refractivity contribution >= 4 is 33.1 Å². The number of aromatic nitrogens is 4. The highest BCUT2D eigenvalue weighted by atomic mass is 32.2. The summed E-state index contributed by atoms with van der Waals surface area (Å²) in [6.45, 7) is 3.02. The zero-order valence-electron chi connectivity index (χ0n) is 23.2. The number of ether oxygens (including phenoxy) is 1. The van der Waals surface area contributed by atoms with E-state index >= 15 is 0 Å². The lowest BCUT2D eigenvalue weighted by atomic mass is 10.1. The number of carbonyl (C=O) groups excluding carboxylic acids is 1. The third-order valence-corrected chi connectivity index (χ3v) is 9.89. The third-order valence-electron chi connectivity index (χ3n) is 7.08. The molecule has 3 aromatic heterocycles. The first kappa shape index (κ1) is 28.7. The predicted octanol–water partition coefficient (Wildman–Crippen LogP) is 3.86. The van der Waals surface area contributed by atoms with Crippen LogP contribution >= 0.6 is 11.3 Å². The average Bonchev–Trinajstić information content (AvgIpc) is 3.71. The summed E-state index contributed by atoms with van der Waals surface area (Å²) in [5.74, 6) is -0.0323. The quantitative estimate of drug-likeness (QED) is 0.270. The number of thiophene rings is 1. The Morgan fingerprint density at radius 2 is 1.79 bits per heavy atom. The molecule has 1 aliphatic rings. The first-order chi connectivity index (χ1) is 20.8. The van der Waals surface area contributed by atoms with Crippen molar-refractivity contribution in [2.24, 2.45) is 0 Å². The van der Waals surface area contributed by atoms with Gasteiger partial charge in [0.1, 0.15) is 11.5 Å². The van der Waals surface area contributed by atoms with Crippen molar-refractivity contribution in [1.82, 2.24) is 24.1 Å². The maximum Gasteiger partial charge on any atom is 0.256 e. The standard InChI is InChI=1S/C30H28N6O5S2/c1-20-24(18-21-6-3-2-4-7-21)29(38)33-30(31-20)36-27(19-25(34-36)26-8-5-17-42-26)32-28(37)22-9-11-23(12-10-22)43(39,40)35-13-15-41-16-14-35/h2-12,17,19H,13-16,18H2,1H3,(H,32,37)(H,31,33,38). The zero-order valence-corrected chi connectivity index (χ0v) is 24.8. The van der Waals surface area contributed by atoms with Crippen LogP contribution in [0.2, 0.25) is 0 Å². The Hall–Kier alpha value is -4.43. The lowest BCUT2D eigenvalue weighted by molar-refractivity contribution is 0.0730. The molecule has 0 unspecified atom stereocenters. The van der Waals surface area contributed by atoms with Gasteiger partial charge in [0, 0.05) is 36.7 Å². The van der Waals surface area contributed by atoms with Gasteiger partial charge in [0.05, 0.1) is 28.7 Å². The minimum atomic E-state index is -3.69. The highest BCUT2D eigenvalue weighted by Gasteiger charge is 2.26. The number of sulfonamides is 1. The molecule has 13 heteroatoms. The van der Waals surface area contributed by atoms with Gasteiger partial charge in [-0.1, -0.05) is 36.4 Å². The molecule has 1 aliphatic heterocycles. The summed E-state index contributed by atoms with van der Waals surface area (Å²) >= 11 is 1.48. The molecule has 6 rings (SSSR count). The number of anilines is 1. The Labute approximate surface area is 251 Å². The summed E-state index contributed by atoms with van der Waals surface area (Å²) in [5.41, 5.74) is 2.62. The van der Waals surface area contributed by atoms with E-state index in [0.29, 0.717) is 36.6 Å². The molecule has 0 saturated carbocycles. The van der Waals surface area contributed by atoms with Crippen molar-refractivity contribution < 1.29 is 17.9 Å². The first-order valence-corrected chi connectivity index (χ1v) is 15.9. The molecule has 0 radical (unpaired) electrons. The Balaban J connectivity index is 1.29. The number of hydrogen-bond acceptors (Lipinski definition) is 8. The van der Waals surface area contributed by atoms with Crippen LogP contribution in [0.4, 0.5) is 5.82 Å². The van der Waals surface area contributed by atoms with Crippen molar-refractivity contribution in [2.75, 3.05) is 31.6 Å². The van der Waals surface area contributed by atoms with E-state index in [9.17, 15) is 18.0 Å². The second-order valence-electron chi connectivity index (χ2n) is 9.91. The van der Waals surface area contributed by atoms with Crippen LogP contribution in [0.5, 0.6) is 0 Å². The maximum absolute atomic E-state index is 13.3. The topological polar surface area (TPSA) is 139 Å². The number of morpholine rings is 1. The molecular formula is C30H28N6O5S2. The van der Waals surface area contributed by atoms with Gasteiger partial charge in [0.25, 0.3) is 11.5 Å². The van der Waals surface area contributed by atoms with Gasteiger partial charge >= 0.3 is 0 Å². The number of aryl methyl sites for hydroxylation is 1. The van der Waals surface area contributed by atoms with E-state index in [1.54, 1.807) is 13.0 Å². The first-order valence-electron chi connectivity index (χ1n) is 13.6. The van der Waals surface area contributed by atoms with Crippen LogP contribution in [0.3, 0.4) is 0 Å². The van der Waals surface area contributed by atoms with Crippen LogP contribution in [0.25, 0.3) is 16.5 Å². The second kappa shape index (κ2) is 12.1. The summed E-state index contributed by atoms with van der Waals surface area (Å²) in [7, 11) is -3.69. The average molecular weight is 617 g/mol. The van der Waals surface area contributed by atoms with Gasteiger partial charge in [-0.2, -0.15) is 14.1 Å². The molecule has 0 atom stereocenters. The predicted molar refractivity (Wildman–Crippen MR) is 163 cm³/mol. The summed E-state index contributed by atoms with van der Waals surface area (Å²) in [5, 5.41) is 9.42. The number of nitrogens with one attached hydrogen (secondary N) is 2. The van der Waals surface area contributed by atoms with Crippen molar-refractivity contribution in [1.29, 1.82) is 0 Å². The summed E-state index contributed by atoms with van der Waals surface area (Å²) in [6, 6.07) is 20.9. The van der Waals surface area contributed by atoms with Crippen molar-refractivity contribution in [3.63, 3.8) is 0 Å². The molecule has 2 N–H and O–H groups in total.